The number of ether oxygens (including phenoxy) is 2. The van der Waals surface area contributed by atoms with E-state index in [0.29, 0.717) is 25.6 Å². The molecular formula is C19H31NO3. The molecule has 0 unspecified atom stereocenters. The van der Waals surface area contributed by atoms with Gasteiger partial charge in [-0.1, -0.05) is 27.2 Å². The number of aryl methyl sites for hydroxylation is 1. The SMILES string of the molecule is CCC[C@@](C)(OCC)C(=O)Nc1ccc(OCC(C)C)c(C)c1. The molecule has 1 aromatic rings. The third-order valence-corrected chi connectivity index (χ3v) is 3.68. The minimum absolute atomic E-state index is 0.101. The molecular weight excluding hydrogens is 290 g/mol. The highest BCUT2D eigenvalue weighted by Crippen LogP contribution is 2.25. The Labute approximate surface area is 140 Å². The minimum Gasteiger partial charge on any atom is -0.493 e. The van der Waals surface area contributed by atoms with Gasteiger partial charge in [-0.25, -0.2) is 0 Å². The summed E-state index contributed by atoms with van der Waals surface area (Å²) in [6.07, 6.45) is 1.59. The van der Waals surface area contributed by atoms with Crippen molar-refractivity contribution in [2.45, 2.75) is 60.0 Å². The van der Waals surface area contributed by atoms with Crippen molar-refractivity contribution in [1.82, 2.24) is 0 Å². The molecule has 1 rings (SSSR count). The number of nitrogens with one attached hydrogen (secondary N) is 1. The molecule has 0 fully saturated rings. The number of hydrogen-bond acceptors (Lipinski definition) is 3. The predicted molar refractivity (Wildman–Crippen MR) is 95.1 cm³/mol. The summed E-state index contributed by atoms with van der Waals surface area (Å²) in [5.74, 6) is 1.24. The van der Waals surface area contributed by atoms with Crippen molar-refractivity contribution < 1.29 is 14.3 Å². The molecule has 23 heavy (non-hydrogen) atoms. The number of anilines is 1. The summed E-state index contributed by atoms with van der Waals surface area (Å²) in [5, 5.41) is 2.97. The second-order valence-corrected chi connectivity index (χ2v) is 6.55. The summed E-state index contributed by atoms with van der Waals surface area (Å²) in [6, 6.07) is 5.72. The Morgan fingerprint density at radius 1 is 1.30 bits per heavy atom. The Bertz CT molecular complexity index is 505. The summed E-state index contributed by atoms with van der Waals surface area (Å²) in [6.45, 7) is 13.2. The predicted octanol–water partition coefficient (Wildman–Crippen LogP) is 4.56. The molecule has 0 aliphatic heterocycles. The molecule has 0 saturated heterocycles. The zero-order chi connectivity index (χ0) is 17.5. The molecule has 1 N–H and O–H groups in total. The lowest BCUT2D eigenvalue weighted by atomic mass is 9.99. The van der Waals surface area contributed by atoms with Gasteiger partial charge in [-0.2, -0.15) is 0 Å². The van der Waals surface area contributed by atoms with E-state index in [4.69, 9.17) is 9.47 Å². The average molecular weight is 321 g/mol. The molecule has 1 amide bonds. The first kappa shape index (κ1) is 19.5. The summed E-state index contributed by atoms with van der Waals surface area (Å²) < 4.78 is 11.5. The van der Waals surface area contributed by atoms with Crippen LogP contribution in [-0.4, -0.2) is 24.7 Å². The summed E-state index contributed by atoms with van der Waals surface area (Å²) in [5.41, 5.74) is 0.994. The van der Waals surface area contributed by atoms with Crippen LogP contribution in [0.15, 0.2) is 18.2 Å². The largest absolute Gasteiger partial charge is 0.493 e. The summed E-state index contributed by atoms with van der Waals surface area (Å²) >= 11 is 0. The van der Waals surface area contributed by atoms with Crippen molar-refractivity contribution in [2.75, 3.05) is 18.5 Å². The number of amides is 1. The van der Waals surface area contributed by atoms with E-state index >= 15 is 0 Å². The maximum Gasteiger partial charge on any atom is 0.256 e. The smallest absolute Gasteiger partial charge is 0.256 e. The van der Waals surface area contributed by atoms with Gasteiger partial charge in [0, 0.05) is 12.3 Å². The van der Waals surface area contributed by atoms with E-state index in [1.807, 2.05) is 39.0 Å². The van der Waals surface area contributed by atoms with Gasteiger partial charge in [0.25, 0.3) is 5.91 Å². The second-order valence-electron chi connectivity index (χ2n) is 6.55. The van der Waals surface area contributed by atoms with Crippen LogP contribution >= 0.6 is 0 Å². The third-order valence-electron chi connectivity index (χ3n) is 3.68. The van der Waals surface area contributed by atoms with Gasteiger partial charge < -0.3 is 14.8 Å². The lowest BCUT2D eigenvalue weighted by Gasteiger charge is -2.28. The average Bonchev–Trinajstić information content (AvgIpc) is 2.46. The Balaban J connectivity index is 2.80. The van der Waals surface area contributed by atoms with Crippen LogP contribution < -0.4 is 10.1 Å². The Hall–Kier alpha value is -1.55. The van der Waals surface area contributed by atoms with E-state index in [2.05, 4.69) is 26.1 Å². The quantitative estimate of drug-likeness (QED) is 0.725. The molecule has 0 aromatic heterocycles. The first-order valence-electron chi connectivity index (χ1n) is 8.51. The summed E-state index contributed by atoms with van der Waals surface area (Å²) in [7, 11) is 0. The molecule has 0 saturated carbocycles. The Morgan fingerprint density at radius 2 is 2.00 bits per heavy atom. The van der Waals surface area contributed by atoms with E-state index in [1.165, 1.54) is 0 Å². The normalized spacial score (nSPS) is 13.7. The third kappa shape index (κ3) is 5.87. The van der Waals surface area contributed by atoms with Crippen LogP contribution in [0.25, 0.3) is 0 Å². The van der Waals surface area contributed by atoms with Crippen LogP contribution in [0.3, 0.4) is 0 Å². The fourth-order valence-corrected chi connectivity index (χ4v) is 2.46. The fraction of sp³-hybridized carbons (Fsp3) is 0.632. The van der Waals surface area contributed by atoms with Gasteiger partial charge in [-0.3, -0.25) is 4.79 Å². The van der Waals surface area contributed by atoms with E-state index in [9.17, 15) is 4.79 Å². The van der Waals surface area contributed by atoms with Crippen LogP contribution in [-0.2, 0) is 9.53 Å². The van der Waals surface area contributed by atoms with Gasteiger partial charge in [0.2, 0.25) is 0 Å². The van der Waals surface area contributed by atoms with Crippen molar-refractivity contribution in [3.8, 4) is 5.75 Å². The second kappa shape index (κ2) is 8.92. The molecule has 0 aliphatic carbocycles. The number of carbonyl (C=O) groups excluding carboxylic acids is 1. The van der Waals surface area contributed by atoms with Crippen molar-refractivity contribution in [1.29, 1.82) is 0 Å². The Morgan fingerprint density at radius 3 is 2.52 bits per heavy atom. The maximum atomic E-state index is 12.6. The van der Waals surface area contributed by atoms with Crippen LogP contribution in [0.2, 0.25) is 0 Å². The maximum absolute atomic E-state index is 12.6. The van der Waals surface area contributed by atoms with E-state index in [1.54, 1.807) is 0 Å². The number of carbonyl (C=O) groups is 1. The fourth-order valence-electron chi connectivity index (χ4n) is 2.46. The van der Waals surface area contributed by atoms with Gasteiger partial charge in [-0.05, 0) is 56.9 Å². The zero-order valence-corrected chi connectivity index (χ0v) is 15.4. The van der Waals surface area contributed by atoms with Crippen molar-refractivity contribution >= 4 is 11.6 Å². The number of benzene rings is 1. The van der Waals surface area contributed by atoms with Crippen LogP contribution in [0.1, 0.15) is 53.0 Å². The monoisotopic (exact) mass is 321 g/mol. The lowest BCUT2D eigenvalue weighted by molar-refractivity contribution is -0.139. The summed E-state index contributed by atoms with van der Waals surface area (Å²) in [4.78, 5) is 12.6. The van der Waals surface area contributed by atoms with Crippen LogP contribution in [0, 0.1) is 12.8 Å². The molecule has 0 heterocycles. The van der Waals surface area contributed by atoms with Gasteiger partial charge in [-0.15, -0.1) is 0 Å². The van der Waals surface area contributed by atoms with Gasteiger partial charge in [0.15, 0.2) is 0 Å². The lowest BCUT2D eigenvalue weighted by Crippen LogP contribution is -2.42. The highest BCUT2D eigenvalue weighted by molar-refractivity contribution is 5.97. The molecule has 4 heteroatoms. The molecule has 1 aromatic carbocycles. The highest BCUT2D eigenvalue weighted by atomic mass is 16.5. The van der Waals surface area contributed by atoms with Crippen molar-refractivity contribution in [3.05, 3.63) is 23.8 Å². The molecule has 0 radical (unpaired) electrons. The molecule has 0 bridgehead atoms. The molecule has 130 valence electrons. The van der Waals surface area contributed by atoms with Crippen molar-refractivity contribution in [3.63, 3.8) is 0 Å². The minimum atomic E-state index is -0.787. The molecule has 4 nitrogen and oxygen atoms in total. The van der Waals surface area contributed by atoms with Gasteiger partial charge in [0.1, 0.15) is 11.4 Å². The van der Waals surface area contributed by atoms with E-state index < -0.39 is 5.60 Å². The van der Waals surface area contributed by atoms with E-state index in [-0.39, 0.29) is 5.91 Å². The van der Waals surface area contributed by atoms with Crippen LogP contribution in [0.5, 0.6) is 5.75 Å². The first-order valence-corrected chi connectivity index (χ1v) is 8.51. The van der Waals surface area contributed by atoms with Crippen LogP contribution in [0.4, 0.5) is 5.69 Å². The zero-order valence-electron chi connectivity index (χ0n) is 15.4. The van der Waals surface area contributed by atoms with Gasteiger partial charge in [0.05, 0.1) is 6.61 Å². The molecule has 0 aliphatic rings. The standard InChI is InChI=1S/C19H31NO3/c1-7-11-19(6,23-8-2)18(21)20-16-9-10-17(15(5)12-16)22-13-14(3)4/h9-10,12,14H,7-8,11,13H2,1-6H3,(H,20,21)/t19-/m1/s1. The molecule has 0 spiro atoms. The number of rotatable bonds is 9. The topological polar surface area (TPSA) is 47.6 Å². The van der Waals surface area contributed by atoms with E-state index in [0.717, 1.165) is 23.4 Å². The van der Waals surface area contributed by atoms with Gasteiger partial charge >= 0.3 is 0 Å². The number of hydrogen-bond donors (Lipinski definition) is 1. The van der Waals surface area contributed by atoms with Crippen molar-refractivity contribution in [2.24, 2.45) is 5.92 Å². The first-order chi connectivity index (χ1) is 10.8. The molecule has 1 atom stereocenters. The Kier molecular flexibility index (Phi) is 7.56. The highest BCUT2D eigenvalue weighted by Gasteiger charge is 2.32.